The number of halogens is 4. The Balaban J connectivity index is 1.92. The number of hydrogen-bond acceptors (Lipinski definition) is 4. The van der Waals surface area contributed by atoms with Gasteiger partial charge in [0.25, 0.3) is 0 Å². The van der Waals surface area contributed by atoms with Crippen molar-refractivity contribution >= 4 is 33.0 Å². The van der Waals surface area contributed by atoms with Crippen LogP contribution < -0.4 is 0 Å². The Hall–Kier alpha value is -2.78. The number of aromatic nitrogens is 2. The molecule has 10 heteroatoms. The molecule has 1 aromatic heterocycles. The zero-order valence-electron chi connectivity index (χ0n) is 23.0. The molecule has 0 saturated carbocycles. The number of imidazole rings is 1. The van der Waals surface area contributed by atoms with Gasteiger partial charge in [-0.1, -0.05) is 42.3 Å². The van der Waals surface area contributed by atoms with E-state index in [0.29, 0.717) is 28.3 Å². The summed E-state index contributed by atoms with van der Waals surface area (Å²) >= 11 is 13.2. The summed E-state index contributed by atoms with van der Waals surface area (Å²) in [5, 5.41) is 11.2. The van der Waals surface area contributed by atoms with Gasteiger partial charge in [0.15, 0.2) is 9.84 Å². The van der Waals surface area contributed by atoms with Crippen molar-refractivity contribution in [3.63, 3.8) is 0 Å². The van der Waals surface area contributed by atoms with E-state index in [0.717, 1.165) is 6.26 Å². The first kappa shape index (κ1) is 30.2. The maximum absolute atomic E-state index is 15.1. The third kappa shape index (κ3) is 5.55. The largest absolute Gasteiger partial charge is 0.384 e. The molecule has 212 valence electrons. The quantitative estimate of drug-likeness (QED) is 0.234. The van der Waals surface area contributed by atoms with Crippen LogP contribution in [0.2, 0.25) is 10.0 Å². The lowest BCUT2D eigenvalue weighted by atomic mass is 9.83. The van der Waals surface area contributed by atoms with Crippen LogP contribution in [0.3, 0.4) is 0 Å². The van der Waals surface area contributed by atoms with Gasteiger partial charge >= 0.3 is 0 Å². The van der Waals surface area contributed by atoms with E-state index < -0.39 is 32.5 Å². The molecule has 4 rings (SSSR count). The minimum atomic E-state index is -3.68. The van der Waals surface area contributed by atoms with Crippen molar-refractivity contribution in [2.75, 3.05) is 6.26 Å². The van der Waals surface area contributed by atoms with Crippen molar-refractivity contribution in [1.29, 1.82) is 0 Å². The minimum Gasteiger partial charge on any atom is -0.384 e. The molecule has 0 atom stereocenters. The second kappa shape index (κ2) is 10.6. The number of sulfone groups is 1. The third-order valence-corrected chi connectivity index (χ3v) is 8.71. The maximum atomic E-state index is 15.1. The molecule has 5 nitrogen and oxygen atoms in total. The van der Waals surface area contributed by atoms with Crippen LogP contribution in [0.4, 0.5) is 8.78 Å². The fraction of sp³-hybridized carbons (Fsp3) is 0.300. The first-order chi connectivity index (χ1) is 18.5. The first-order valence-corrected chi connectivity index (χ1v) is 15.2. The van der Waals surface area contributed by atoms with E-state index in [1.807, 2.05) is 0 Å². The van der Waals surface area contributed by atoms with E-state index >= 15 is 4.39 Å². The van der Waals surface area contributed by atoms with E-state index in [-0.39, 0.29) is 32.5 Å². The van der Waals surface area contributed by atoms with Crippen molar-refractivity contribution in [3.05, 3.63) is 99.1 Å². The molecule has 40 heavy (non-hydrogen) atoms. The predicted molar refractivity (Wildman–Crippen MR) is 155 cm³/mol. The van der Waals surface area contributed by atoms with Crippen LogP contribution in [0.5, 0.6) is 0 Å². The van der Waals surface area contributed by atoms with Crippen LogP contribution >= 0.6 is 23.2 Å². The fourth-order valence-corrected chi connectivity index (χ4v) is 6.54. The second-order valence-electron chi connectivity index (χ2n) is 10.8. The molecule has 0 amide bonds. The van der Waals surface area contributed by atoms with Crippen LogP contribution in [0.1, 0.15) is 57.3 Å². The second-order valence-corrected chi connectivity index (χ2v) is 13.6. The molecular weight excluding hydrogens is 577 g/mol. The Morgan fingerprint density at radius 3 is 2.17 bits per heavy atom. The normalized spacial score (nSPS) is 12.7. The van der Waals surface area contributed by atoms with Gasteiger partial charge in [0.05, 0.1) is 26.7 Å². The highest BCUT2D eigenvalue weighted by Crippen LogP contribution is 2.40. The van der Waals surface area contributed by atoms with Crippen LogP contribution in [-0.2, 0) is 27.3 Å². The van der Waals surface area contributed by atoms with Crippen molar-refractivity contribution in [2.24, 2.45) is 0 Å². The SMILES string of the molecule is CCc1c(F)cc(-c2ccc(-n3cc(C(C)(C)O)nc3C(C)(C)c3c(F)cccc3Cl)c(Cl)c2)cc1S(C)(=O)=O. The molecule has 0 radical (unpaired) electrons. The number of benzene rings is 3. The lowest BCUT2D eigenvalue weighted by Gasteiger charge is -2.27. The Morgan fingerprint density at radius 1 is 0.950 bits per heavy atom. The molecule has 4 aromatic rings. The summed E-state index contributed by atoms with van der Waals surface area (Å²) < 4.78 is 56.4. The molecule has 0 unspecified atom stereocenters. The zero-order chi connectivity index (χ0) is 29.8. The van der Waals surface area contributed by atoms with E-state index in [1.54, 1.807) is 69.6 Å². The molecule has 0 spiro atoms. The van der Waals surface area contributed by atoms with Crippen LogP contribution in [-0.4, -0.2) is 29.3 Å². The highest BCUT2D eigenvalue weighted by atomic mass is 35.5. The van der Waals surface area contributed by atoms with Crippen molar-refractivity contribution in [1.82, 2.24) is 9.55 Å². The highest BCUT2D eigenvalue weighted by molar-refractivity contribution is 7.90. The molecule has 3 aromatic carbocycles. The van der Waals surface area contributed by atoms with Gasteiger partial charge in [-0.3, -0.25) is 0 Å². The summed E-state index contributed by atoms with van der Waals surface area (Å²) in [6, 6.07) is 12.1. The minimum absolute atomic E-state index is 0.0690. The molecular formula is C30H30Cl2F2N2O3S. The molecule has 0 bridgehead atoms. The molecule has 1 N–H and O–H groups in total. The Morgan fingerprint density at radius 2 is 1.62 bits per heavy atom. The lowest BCUT2D eigenvalue weighted by Crippen LogP contribution is -2.26. The summed E-state index contributed by atoms with van der Waals surface area (Å²) in [7, 11) is -3.68. The molecule has 0 saturated heterocycles. The monoisotopic (exact) mass is 606 g/mol. The Labute approximate surface area is 243 Å². The number of rotatable bonds is 7. The van der Waals surface area contributed by atoms with Gasteiger partial charge in [0.2, 0.25) is 0 Å². The van der Waals surface area contributed by atoms with Gasteiger partial charge in [-0.25, -0.2) is 22.2 Å². The number of nitrogens with zero attached hydrogens (tertiary/aromatic N) is 2. The molecule has 0 aliphatic carbocycles. The lowest BCUT2D eigenvalue weighted by molar-refractivity contribution is 0.0740. The van der Waals surface area contributed by atoms with E-state index in [1.165, 1.54) is 24.3 Å². The molecule has 0 aliphatic rings. The maximum Gasteiger partial charge on any atom is 0.175 e. The highest BCUT2D eigenvalue weighted by Gasteiger charge is 2.36. The van der Waals surface area contributed by atoms with E-state index in [9.17, 15) is 17.9 Å². The average Bonchev–Trinajstić information content (AvgIpc) is 3.29. The standard InChI is InChI=1S/C30H30Cl2F2N2O3S/c1-7-19-23(34)14-18(15-25(19)40(6,38)39)17-11-12-24(21(32)13-17)36-16-26(30(4,5)37)35-28(36)29(2,3)27-20(31)9-8-10-22(27)33/h8-16,37H,7H2,1-6H3. The van der Waals surface area contributed by atoms with Gasteiger partial charge < -0.3 is 9.67 Å². The summed E-state index contributed by atoms with van der Waals surface area (Å²) in [5.41, 5.74) is -0.356. The number of aliphatic hydroxyl groups is 1. The topological polar surface area (TPSA) is 72.2 Å². The van der Waals surface area contributed by atoms with Crippen molar-refractivity contribution < 1.29 is 22.3 Å². The Kier molecular flexibility index (Phi) is 7.97. The smallest absolute Gasteiger partial charge is 0.175 e. The van der Waals surface area contributed by atoms with Crippen LogP contribution in [0.25, 0.3) is 16.8 Å². The predicted octanol–water partition coefficient (Wildman–Crippen LogP) is 7.64. The van der Waals surface area contributed by atoms with E-state index in [4.69, 9.17) is 28.2 Å². The van der Waals surface area contributed by atoms with Gasteiger partial charge in [0.1, 0.15) is 23.1 Å². The van der Waals surface area contributed by atoms with Crippen molar-refractivity contribution in [2.45, 2.75) is 57.0 Å². The average molecular weight is 608 g/mol. The summed E-state index contributed by atoms with van der Waals surface area (Å²) in [4.78, 5) is 4.62. The van der Waals surface area contributed by atoms with Gasteiger partial charge in [0, 0.05) is 28.6 Å². The summed E-state index contributed by atoms with van der Waals surface area (Å²) in [6.45, 7) is 8.42. The fourth-order valence-electron chi connectivity index (χ4n) is 4.84. The molecule has 0 fully saturated rings. The molecule has 1 heterocycles. The third-order valence-electron chi connectivity index (χ3n) is 6.93. The van der Waals surface area contributed by atoms with Crippen LogP contribution in [0, 0.1) is 11.6 Å². The van der Waals surface area contributed by atoms with Gasteiger partial charge in [-0.2, -0.15) is 0 Å². The van der Waals surface area contributed by atoms with Crippen LogP contribution in [0.15, 0.2) is 59.6 Å². The van der Waals surface area contributed by atoms with E-state index in [2.05, 4.69) is 0 Å². The summed E-state index contributed by atoms with van der Waals surface area (Å²) in [5.74, 6) is -0.739. The number of hydrogen-bond donors (Lipinski definition) is 1. The Bertz CT molecular complexity index is 1710. The van der Waals surface area contributed by atoms with Gasteiger partial charge in [-0.15, -0.1) is 0 Å². The summed E-state index contributed by atoms with van der Waals surface area (Å²) in [6.07, 6.45) is 2.90. The molecule has 0 aliphatic heterocycles. The van der Waals surface area contributed by atoms with Crippen molar-refractivity contribution in [3.8, 4) is 16.8 Å². The first-order valence-electron chi connectivity index (χ1n) is 12.6. The zero-order valence-corrected chi connectivity index (χ0v) is 25.3. The van der Waals surface area contributed by atoms with Gasteiger partial charge in [-0.05, 0) is 81.6 Å².